The monoisotopic (exact) mass is 493 g/mol. The standard InChI is InChI=1S/C31H31N3OS/c35-28(16-26-11-6-10-25-9-4-5-12-27(25)26)34(20-21-7-2-1-3-8-21)30-33-32-29(36-30)31-17-22-13-23(18-31)15-24(14-22)19-31/h1-12,22-24H,13-20H2. The van der Waals surface area contributed by atoms with Gasteiger partial charge in [0.25, 0.3) is 0 Å². The lowest BCUT2D eigenvalue weighted by atomic mass is 9.50. The summed E-state index contributed by atoms with van der Waals surface area (Å²) in [5.41, 5.74) is 2.36. The topological polar surface area (TPSA) is 46.1 Å². The summed E-state index contributed by atoms with van der Waals surface area (Å²) in [7, 11) is 0. The van der Waals surface area contributed by atoms with E-state index in [0.29, 0.717) is 13.0 Å². The zero-order valence-corrected chi connectivity index (χ0v) is 21.3. The van der Waals surface area contributed by atoms with E-state index in [1.165, 1.54) is 43.5 Å². The highest BCUT2D eigenvalue weighted by atomic mass is 32.1. The van der Waals surface area contributed by atoms with E-state index in [0.717, 1.165) is 44.8 Å². The Balaban J connectivity index is 1.21. The molecule has 8 rings (SSSR count). The summed E-state index contributed by atoms with van der Waals surface area (Å²) in [4.78, 5) is 15.8. The van der Waals surface area contributed by atoms with Gasteiger partial charge in [-0.25, -0.2) is 0 Å². The Labute approximate surface area is 216 Å². The van der Waals surface area contributed by atoms with E-state index in [9.17, 15) is 4.79 Å². The number of aromatic nitrogens is 2. The molecular formula is C31H31N3OS. The second-order valence-corrected chi connectivity index (χ2v) is 12.3. The number of anilines is 1. The second-order valence-electron chi connectivity index (χ2n) is 11.4. The molecule has 3 aromatic carbocycles. The third-order valence-electron chi connectivity index (χ3n) is 8.84. The summed E-state index contributed by atoms with van der Waals surface area (Å²) < 4.78 is 0. The van der Waals surface area contributed by atoms with Crippen LogP contribution >= 0.6 is 11.3 Å². The molecule has 1 amide bonds. The van der Waals surface area contributed by atoms with Crippen molar-refractivity contribution in [1.82, 2.24) is 10.2 Å². The van der Waals surface area contributed by atoms with Gasteiger partial charge in [-0.05, 0) is 78.2 Å². The molecule has 1 aromatic heterocycles. The number of fused-ring (bicyclic) bond motifs is 1. The molecule has 4 nitrogen and oxygen atoms in total. The second kappa shape index (κ2) is 8.81. The summed E-state index contributed by atoms with van der Waals surface area (Å²) in [6, 6.07) is 24.8. The first kappa shape index (κ1) is 22.2. The molecule has 1 heterocycles. The molecule has 4 fully saturated rings. The number of hydrogen-bond acceptors (Lipinski definition) is 4. The van der Waals surface area contributed by atoms with E-state index >= 15 is 0 Å². The van der Waals surface area contributed by atoms with Gasteiger partial charge in [0, 0.05) is 5.41 Å². The van der Waals surface area contributed by atoms with Crippen LogP contribution in [0.15, 0.2) is 72.8 Å². The number of nitrogens with zero attached hydrogens (tertiary/aromatic N) is 3. The molecule has 4 aromatic rings. The fourth-order valence-electron chi connectivity index (χ4n) is 7.64. The van der Waals surface area contributed by atoms with Gasteiger partial charge in [-0.15, -0.1) is 10.2 Å². The van der Waals surface area contributed by atoms with E-state index in [1.807, 2.05) is 41.3 Å². The van der Waals surface area contributed by atoms with Gasteiger partial charge in [0.15, 0.2) is 0 Å². The van der Waals surface area contributed by atoms with Crippen molar-refractivity contribution < 1.29 is 4.79 Å². The summed E-state index contributed by atoms with van der Waals surface area (Å²) in [6.07, 6.45) is 8.36. The smallest absolute Gasteiger partial charge is 0.233 e. The molecule has 4 aliphatic rings. The predicted octanol–water partition coefficient (Wildman–Crippen LogP) is 6.94. The average molecular weight is 494 g/mol. The number of amides is 1. The summed E-state index contributed by atoms with van der Waals surface area (Å²) in [5, 5.41) is 13.7. The van der Waals surface area contributed by atoms with E-state index in [2.05, 4.69) is 41.5 Å². The number of rotatable bonds is 6. The van der Waals surface area contributed by atoms with Gasteiger partial charge >= 0.3 is 0 Å². The first-order chi connectivity index (χ1) is 17.6. The number of carbonyl (C=O) groups is 1. The van der Waals surface area contributed by atoms with Crippen LogP contribution in [0.25, 0.3) is 10.8 Å². The Kier molecular flexibility index (Phi) is 5.42. The molecule has 4 bridgehead atoms. The minimum atomic E-state index is 0.0726. The van der Waals surface area contributed by atoms with Crippen LogP contribution in [0.4, 0.5) is 5.13 Å². The molecule has 182 valence electrons. The predicted molar refractivity (Wildman–Crippen MR) is 145 cm³/mol. The van der Waals surface area contributed by atoms with E-state index in [1.54, 1.807) is 11.3 Å². The molecule has 5 heteroatoms. The average Bonchev–Trinajstić information content (AvgIpc) is 3.38. The summed E-state index contributed by atoms with van der Waals surface area (Å²) in [6.45, 7) is 0.514. The minimum absolute atomic E-state index is 0.0726. The van der Waals surface area contributed by atoms with Crippen molar-refractivity contribution in [3.8, 4) is 0 Å². The van der Waals surface area contributed by atoms with E-state index < -0.39 is 0 Å². The van der Waals surface area contributed by atoms with Crippen LogP contribution in [0.5, 0.6) is 0 Å². The van der Waals surface area contributed by atoms with Gasteiger partial charge in [-0.3, -0.25) is 9.69 Å². The molecule has 0 aliphatic heterocycles. The van der Waals surface area contributed by atoms with Gasteiger partial charge in [0.05, 0.1) is 13.0 Å². The fraction of sp³-hybridized carbons (Fsp3) is 0.387. The van der Waals surface area contributed by atoms with Gasteiger partial charge in [0.1, 0.15) is 5.01 Å². The van der Waals surface area contributed by atoms with Crippen LogP contribution in [0.1, 0.15) is 54.7 Å². The van der Waals surface area contributed by atoms with Gasteiger partial charge < -0.3 is 0 Å². The first-order valence-corrected chi connectivity index (χ1v) is 14.1. The van der Waals surface area contributed by atoms with Crippen LogP contribution in [0.2, 0.25) is 0 Å². The van der Waals surface area contributed by atoms with Crippen molar-refractivity contribution in [2.75, 3.05) is 4.90 Å². The van der Waals surface area contributed by atoms with Gasteiger partial charge in [0.2, 0.25) is 11.0 Å². The molecule has 4 aliphatic carbocycles. The van der Waals surface area contributed by atoms with Crippen LogP contribution in [-0.4, -0.2) is 16.1 Å². The lowest BCUT2D eigenvalue weighted by Gasteiger charge is -2.55. The molecule has 0 unspecified atom stereocenters. The molecule has 0 saturated heterocycles. The van der Waals surface area contributed by atoms with Crippen molar-refractivity contribution in [2.24, 2.45) is 17.8 Å². The Morgan fingerprint density at radius 1 is 0.833 bits per heavy atom. The molecule has 36 heavy (non-hydrogen) atoms. The van der Waals surface area contributed by atoms with Crippen molar-refractivity contribution in [2.45, 2.75) is 56.9 Å². The number of carbonyl (C=O) groups excluding carboxylic acids is 1. The maximum absolute atomic E-state index is 13.9. The van der Waals surface area contributed by atoms with Crippen LogP contribution in [0.3, 0.4) is 0 Å². The fourth-order valence-corrected chi connectivity index (χ4v) is 8.72. The lowest BCUT2D eigenvalue weighted by molar-refractivity contribution is -0.118. The highest BCUT2D eigenvalue weighted by Gasteiger charge is 2.53. The molecular weight excluding hydrogens is 462 g/mol. The third-order valence-corrected chi connectivity index (χ3v) is 10.0. The quantitative estimate of drug-likeness (QED) is 0.292. The maximum atomic E-state index is 13.9. The highest BCUT2D eigenvalue weighted by Crippen LogP contribution is 2.61. The lowest BCUT2D eigenvalue weighted by Crippen LogP contribution is -2.48. The number of hydrogen-bond donors (Lipinski definition) is 0. The van der Waals surface area contributed by atoms with Gasteiger partial charge in [-0.2, -0.15) is 0 Å². The van der Waals surface area contributed by atoms with Crippen LogP contribution < -0.4 is 4.90 Å². The van der Waals surface area contributed by atoms with Crippen LogP contribution in [0, 0.1) is 17.8 Å². The molecule has 0 radical (unpaired) electrons. The zero-order valence-electron chi connectivity index (χ0n) is 20.5. The Hall–Kier alpha value is -3.05. The largest absolute Gasteiger partial charge is 0.282 e. The Bertz CT molecular complexity index is 1370. The number of benzene rings is 3. The third kappa shape index (κ3) is 3.94. The first-order valence-electron chi connectivity index (χ1n) is 13.3. The van der Waals surface area contributed by atoms with Crippen molar-refractivity contribution in [3.63, 3.8) is 0 Å². The van der Waals surface area contributed by atoms with E-state index in [-0.39, 0.29) is 11.3 Å². The summed E-state index contributed by atoms with van der Waals surface area (Å²) in [5.74, 6) is 2.65. The molecule has 0 N–H and O–H groups in total. The van der Waals surface area contributed by atoms with Crippen molar-refractivity contribution >= 4 is 33.1 Å². The molecule has 4 saturated carbocycles. The molecule has 0 spiro atoms. The summed E-state index contributed by atoms with van der Waals surface area (Å²) >= 11 is 1.67. The SMILES string of the molecule is O=C(Cc1cccc2ccccc12)N(Cc1ccccc1)c1nnc(C23CC4CC(CC(C4)C2)C3)s1. The maximum Gasteiger partial charge on any atom is 0.233 e. The van der Waals surface area contributed by atoms with E-state index in [4.69, 9.17) is 5.10 Å². The molecule has 0 atom stereocenters. The highest BCUT2D eigenvalue weighted by molar-refractivity contribution is 7.15. The Morgan fingerprint density at radius 3 is 2.25 bits per heavy atom. The van der Waals surface area contributed by atoms with Gasteiger partial charge in [-0.1, -0.05) is 84.1 Å². The Morgan fingerprint density at radius 2 is 1.50 bits per heavy atom. The van der Waals surface area contributed by atoms with Crippen molar-refractivity contribution in [1.29, 1.82) is 0 Å². The minimum Gasteiger partial charge on any atom is -0.282 e. The zero-order chi connectivity index (χ0) is 24.1. The normalized spacial score (nSPS) is 26.4. The van der Waals surface area contributed by atoms with Crippen LogP contribution in [-0.2, 0) is 23.2 Å². The van der Waals surface area contributed by atoms with Crippen molar-refractivity contribution in [3.05, 3.63) is 88.9 Å².